The highest BCUT2D eigenvalue weighted by atomic mass is 16.4. The number of anilines is 1. The lowest BCUT2D eigenvalue weighted by Gasteiger charge is -2.21. The number of amides is 2. The Morgan fingerprint density at radius 2 is 1.76 bits per heavy atom. The molecule has 1 aromatic carbocycles. The average molecular weight is 294 g/mol. The Morgan fingerprint density at radius 3 is 2.19 bits per heavy atom. The van der Waals surface area contributed by atoms with Crippen LogP contribution >= 0.6 is 0 Å². The monoisotopic (exact) mass is 294 g/mol. The maximum atomic E-state index is 12.0. The second-order valence-electron chi connectivity index (χ2n) is 4.52. The SMILES string of the molecule is CCc1ccc(N(C)C(=O)N[C@@H](CC(=O)O)C(=O)O)cc1. The molecule has 0 aromatic heterocycles. The van der Waals surface area contributed by atoms with Gasteiger partial charge in [0.2, 0.25) is 0 Å². The van der Waals surface area contributed by atoms with Crippen molar-refractivity contribution in [1.82, 2.24) is 5.32 Å². The van der Waals surface area contributed by atoms with Crippen LogP contribution in [0.5, 0.6) is 0 Å². The first kappa shape index (κ1) is 16.5. The smallest absolute Gasteiger partial charge is 0.326 e. The molecule has 1 atom stereocenters. The van der Waals surface area contributed by atoms with Crippen LogP contribution in [0.25, 0.3) is 0 Å². The molecule has 0 saturated heterocycles. The number of nitrogens with zero attached hydrogens (tertiary/aromatic N) is 1. The molecule has 0 fully saturated rings. The number of carboxylic acids is 2. The number of benzene rings is 1. The minimum Gasteiger partial charge on any atom is -0.481 e. The Labute approximate surface area is 122 Å². The van der Waals surface area contributed by atoms with Crippen LogP contribution in [0.3, 0.4) is 0 Å². The van der Waals surface area contributed by atoms with Crippen molar-refractivity contribution in [2.75, 3.05) is 11.9 Å². The Balaban J connectivity index is 2.76. The molecule has 0 spiro atoms. The van der Waals surface area contributed by atoms with Gasteiger partial charge in [0.15, 0.2) is 0 Å². The van der Waals surface area contributed by atoms with E-state index in [-0.39, 0.29) is 0 Å². The van der Waals surface area contributed by atoms with Crippen LogP contribution in [-0.4, -0.2) is 41.3 Å². The van der Waals surface area contributed by atoms with Crippen LogP contribution in [0.2, 0.25) is 0 Å². The van der Waals surface area contributed by atoms with Gasteiger partial charge in [-0.15, -0.1) is 0 Å². The summed E-state index contributed by atoms with van der Waals surface area (Å²) in [6, 6.07) is 5.08. The largest absolute Gasteiger partial charge is 0.481 e. The summed E-state index contributed by atoms with van der Waals surface area (Å²) in [6.45, 7) is 2.01. The van der Waals surface area contributed by atoms with Gasteiger partial charge in [-0.05, 0) is 24.1 Å². The summed E-state index contributed by atoms with van der Waals surface area (Å²) in [6.07, 6.45) is 0.194. The van der Waals surface area contributed by atoms with Gasteiger partial charge >= 0.3 is 18.0 Å². The van der Waals surface area contributed by atoms with Gasteiger partial charge < -0.3 is 15.5 Å². The van der Waals surface area contributed by atoms with Gasteiger partial charge in [0.05, 0.1) is 6.42 Å². The van der Waals surface area contributed by atoms with E-state index < -0.39 is 30.4 Å². The van der Waals surface area contributed by atoms with E-state index in [1.54, 1.807) is 12.1 Å². The maximum absolute atomic E-state index is 12.0. The third-order valence-corrected chi connectivity index (χ3v) is 3.01. The molecule has 7 heteroatoms. The second kappa shape index (κ2) is 7.28. The van der Waals surface area contributed by atoms with Crippen molar-refractivity contribution < 1.29 is 24.6 Å². The molecule has 114 valence electrons. The van der Waals surface area contributed by atoms with Crippen molar-refractivity contribution in [3.8, 4) is 0 Å². The van der Waals surface area contributed by atoms with Crippen LogP contribution < -0.4 is 10.2 Å². The molecule has 7 nitrogen and oxygen atoms in total. The van der Waals surface area contributed by atoms with Crippen LogP contribution in [0.4, 0.5) is 10.5 Å². The van der Waals surface area contributed by atoms with Gasteiger partial charge in [0.25, 0.3) is 0 Å². The van der Waals surface area contributed by atoms with Crippen LogP contribution in [0.1, 0.15) is 18.9 Å². The normalized spacial score (nSPS) is 11.5. The number of aliphatic carboxylic acids is 2. The third-order valence-electron chi connectivity index (χ3n) is 3.01. The van der Waals surface area contributed by atoms with E-state index in [0.29, 0.717) is 5.69 Å². The summed E-state index contributed by atoms with van der Waals surface area (Å²) in [4.78, 5) is 34.7. The Kier molecular flexibility index (Phi) is 5.71. The van der Waals surface area contributed by atoms with Gasteiger partial charge in [-0.25, -0.2) is 9.59 Å². The van der Waals surface area contributed by atoms with E-state index in [1.807, 2.05) is 19.1 Å². The van der Waals surface area contributed by atoms with E-state index in [1.165, 1.54) is 11.9 Å². The number of carbonyl (C=O) groups is 3. The Morgan fingerprint density at radius 1 is 1.19 bits per heavy atom. The van der Waals surface area contributed by atoms with E-state index in [0.717, 1.165) is 12.0 Å². The van der Waals surface area contributed by atoms with Gasteiger partial charge in [0.1, 0.15) is 6.04 Å². The number of nitrogens with one attached hydrogen (secondary N) is 1. The molecule has 1 aromatic rings. The fourth-order valence-corrected chi connectivity index (χ4v) is 1.69. The molecule has 0 heterocycles. The van der Waals surface area contributed by atoms with Crippen molar-refractivity contribution >= 4 is 23.7 Å². The Hall–Kier alpha value is -2.57. The highest BCUT2D eigenvalue weighted by Crippen LogP contribution is 2.14. The topological polar surface area (TPSA) is 107 Å². The predicted molar refractivity (Wildman–Crippen MR) is 76.4 cm³/mol. The highest BCUT2D eigenvalue weighted by molar-refractivity contribution is 5.94. The molecule has 0 unspecified atom stereocenters. The Bertz CT molecular complexity index is 527. The molecule has 0 bridgehead atoms. The molecule has 21 heavy (non-hydrogen) atoms. The lowest BCUT2D eigenvalue weighted by atomic mass is 10.1. The van der Waals surface area contributed by atoms with Gasteiger partial charge in [-0.3, -0.25) is 9.69 Å². The van der Waals surface area contributed by atoms with Crippen LogP contribution in [0, 0.1) is 0 Å². The standard InChI is InChI=1S/C14H18N2O5/c1-3-9-4-6-10(7-5-9)16(2)14(21)15-11(13(19)20)8-12(17)18/h4-7,11H,3,8H2,1-2H3,(H,15,21)(H,17,18)(H,19,20)/t11-/m0/s1. The molecule has 0 saturated carbocycles. The maximum Gasteiger partial charge on any atom is 0.326 e. The zero-order valence-corrected chi connectivity index (χ0v) is 11.9. The van der Waals surface area contributed by atoms with Crippen molar-refractivity contribution in [2.45, 2.75) is 25.8 Å². The van der Waals surface area contributed by atoms with Gasteiger partial charge in [0, 0.05) is 12.7 Å². The quantitative estimate of drug-likeness (QED) is 0.733. The van der Waals surface area contributed by atoms with Gasteiger partial charge in [-0.2, -0.15) is 0 Å². The molecule has 0 aliphatic carbocycles. The van der Waals surface area contributed by atoms with E-state index >= 15 is 0 Å². The number of aryl methyl sites for hydroxylation is 1. The first-order chi connectivity index (χ1) is 9.85. The lowest BCUT2D eigenvalue weighted by Crippen LogP contribution is -2.47. The number of hydrogen-bond donors (Lipinski definition) is 3. The van der Waals surface area contributed by atoms with Crippen LogP contribution in [0.15, 0.2) is 24.3 Å². The summed E-state index contributed by atoms with van der Waals surface area (Å²) in [7, 11) is 1.48. The number of rotatable bonds is 6. The molecule has 2 amide bonds. The minimum absolute atomic E-state index is 0.587. The number of urea groups is 1. The van der Waals surface area contributed by atoms with Gasteiger partial charge in [-0.1, -0.05) is 19.1 Å². The number of hydrogen-bond acceptors (Lipinski definition) is 3. The fourth-order valence-electron chi connectivity index (χ4n) is 1.69. The zero-order chi connectivity index (χ0) is 16.0. The summed E-state index contributed by atoms with van der Waals surface area (Å²) in [5.41, 5.74) is 1.70. The molecular weight excluding hydrogens is 276 g/mol. The predicted octanol–water partition coefficient (Wildman–Crippen LogP) is 1.32. The number of carboxylic acid groups (broad SMARTS) is 2. The molecule has 0 aliphatic rings. The summed E-state index contributed by atoms with van der Waals surface area (Å²) in [5, 5.41) is 19.7. The molecule has 3 N–H and O–H groups in total. The zero-order valence-electron chi connectivity index (χ0n) is 11.9. The summed E-state index contributed by atoms with van der Waals surface area (Å²) >= 11 is 0. The first-order valence-electron chi connectivity index (χ1n) is 6.43. The molecule has 0 radical (unpaired) electrons. The average Bonchev–Trinajstić information content (AvgIpc) is 2.45. The van der Waals surface area contributed by atoms with Crippen molar-refractivity contribution in [3.63, 3.8) is 0 Å². The van der Waals surface area contributed by atoms with E-state index in [4.69, 9.17) is 10.2 Å². The second-order valence-corrected chi connectivity index (χ2v) is 4.52. The fraction of sp³-hybridized carbons (Fsp3) is 0.357. The molecule has 1 rings (SSSR count). The lowest BCUT2D eigenvalue weighted by molar-refractivity contribution is -0.145. The molecule has 0 aliphatic heterocycles. The minimum atomic E-state index is -1.47. The van der Waals surface area contributed by atoms with E-state index in [2.05, 4.69) is 5.32 Å². The number of carbonyl (C=O) groups excluding carboxylic acids is 1. The first-order valence-corrected chi connectivity index (χ1v) is 6.43. The van der Waals surface area contributed by atoms with Crippen molar-refractivity contribution in [3.05, 3.63) is 29.8 Å². The third kappa shape index (κ3) is 4.79. The van der Waals surface area contributed by atoms with E-state index in [9.17, 15) is 14.4 Å². The van der Waals surface area contributed by atoms with Crippen molar-refractivity contribution in [1.29, 1.82) is 0 Å². The molecular formula is C14H18N2O5. The summed E-state index contributed by atoms with van der Waals surface area (Å²) in [5.74, 6) is -2.68. The van der Waals surface area contributed by atoms with Crippen molar-refractivity contribution in [2.24, 2.45) is 0 Å². The highest BCUT2D eigenvalue weighted by Gasteiger charge is 2.24. The van der Waals surface area contributed by atoms with Crippen LogP contribution in [-0.2, 0) is 16.0 Å². The summed E-state index contributed by atoms with van der Waals surface area (Å²) < 4.78 is 0.